The normalized spacial score (nSPS) is 21.4. The fourth-order valence-corrected chi connectivity index (χ4v) is 2.44. The first-order valence-electron chi connectivity index (χ1n) is 6.44. The highest BCUT2D eigenvalue weighted by Crippen LogP contribution is 2.35. The van der Waals surface area contributed by atoms with Crippen molar-refractivity contribution in [2.45, 2.75) is 32.9 Å². The number of carbonyl (C=O) groups is 1. The molecule has 0 spiro atoms. The molecule has 2 unspecified atom stereocenters. The molecule has 0 radical (unpaired) electrons. The van der Waals surface area contributed by atoms with E-state index >= 15 is 0 Å². The minimum absolute atomic E-state index is 0.0964. The molecule has 1 heterocycles. The molecule has 0 bridgehead atoms. The lowest BCUT2D eigenvalue weighted by molar-refractivity contribution is -0.108. The van der Waals surface area contributed by atoms with E-state index in [9.17, 15) is 4.79 Å². The van der Waals surface area contributed by atoms with Crippen LogP contribution in [0.25, 0.3) is 0 Å². The van der Waals surface area contributed by atoms with E-state index in [1.807, 2.05) is 18.2 Å². The Kier molecular flexibility index (Phi) is 4.15. The van der Waals surface area contributed by atoms with Gasteiger partial charge in [-0.05, 0) is 39.0 Å². The first-order chi connectivity index (χ1) is 9.02. The van der Waals surface area contributed by atoms with E-state index in [4.69, 9.17) is 11.6 Å². The van der Waals surface area contributed by atoms with Gasteiger partial charge >= 0.3 is 0 Å². The van der Waals surface area contributed by atoms with Crippen molar-refractivity contribution in [1.82, 2.24) is 0 Å². The van der Waals surface area contributed by atoms with Crippen LogP contribution in [-0.2, 0) is 4.79 Å². The largest absolute Gasteiger partial charge is 0.372 e. The van der Waals surface area contributed by atoms with Gasteiger partial charge in [-0.15, -0.1) is 0 Å². The van der Waals surface area contributed by atoms with Gasteiger partial charge in [0.25, 0.3) is 0 Å². The summed E-state index contributed by atoms with van der Waals surface area (Å²) in [5.74, 6) is 0. The van der Waals surface area contributed by atoms with Gasteiger partial charge in [-0.25, -0.2) is 0 Å². The van der Waals surface area contributed by atoms with Crippen molar-refractivity contribution in [2.75, 3.05) is 16.8 Å². The SMILES string of the molecule is CC(C)=CCN1c2cc(Cl)ccc2NC(C=O)C1C. The lowest BCUT2D eigenvalue weighted by Crippen LogP contribution is -2.50. The van der Waals surface area contributed by atoms with E-state index in [0.29, 0.717) is 5.02 Å². The van der Waals surface area contributed by atoms with Crippen LogP contribution in [0, 0.1) is 0 Å². The molecule has 0 saturated carbocycles. The number of anilines is 2. The summed E-state index contributed by atoms with van der Waals surface area (Å²) in [4.78, 5) is 13.4. The minimum Gasteiger partial charge on any atom is -0.372 e. The number of halogens is 1. The van der Waals surface area contributed by atoms with Crippen molar-refractivity contribution in [2.24, 2.45) is 0 Å². The number of hydrogen-bond donors (Lipinski definition) is 1. The molecule has 1 aromatic rings. The monoisotopic (exact) mass is 278 g/mol. The van der Waals surface area contributed by atoms with Gasteiger partial charge in [-0.2, -0.15) is 0 Å². The lowest BCUT2D eigenvalue weighted by atomic mass is 10.0. The molecule has 0 amide bonds. The Morgan fingerprint density at radius 1 is 1.47 bits per heavy atom. The smallest absolute Gasteiger partial charge is 0.144 e. The van der Waals surface area contributed by atoms with E-state index in [0.717, 1.165) is 24.2 Å². The minimum atomic E-state index is -0.195. The Bertz CT molecular complexity index is 509. The number of rotatable bonds is 3. The summed E-state index contributed by atoms with van der Waals surface area (Å²) in [5, 5.41) is 3.96. The molecular formula is C15H19ClN2O. The number of nitrogens with one attached hydrogen (secondary N) is 1. The summed E-state index contributed by atoms with van der Waals surface area (Å²) in [6.07, 6.45) is 3.13. The Balaban J connectivity index is 2.40. The number of aldehydes is 1. The van der Waals surface area contributed by atoms with Crippen molar-refractivity contribution in [3.63, 3.8) is 0 Å². The van der Waals surface area contributed by atoms with E-state index in [1.165, 1.54) is 5.57 Å². The molecule has 19 heavy (non-hydrogen) atoms. The van der Waals surface area contributed by atoms with Gasteiger partial charge in [0.1, 0.15) is 12.3 Å². The van der Waals surface area contributed by atoms with E-state index in [-0.39, 0.29) is 12.1 Å². The maximum absolute atomic E-state index is 11.2. The van der Waals surface area contributed by atoms with Crippen molar-refractivity contribution in [1.29, 1.82) is 0 Å². The zero-order valence-electron chi connectivity index (χ0n) is 11.5. The number of allylic oxidation sites excluding steroid dienone is 1. The Morgan fingerprint density at radius 3 is 2.84 bits per heavy atom. The van der Waals surface area contributed by atoms with Crippen molar-refractivity contribution in [3.05, 3.63) is 34.9 Å². The van der Waals surface area contributed by atoms with E-state index in [1.54, 1.807) is 0 Å². The third-order valence-corrected chi connectivity index (χ3v) is 3.68. The second kappa shape index (κ2) is 5.66. The van der Waals surface area contributed by atoms with Gasteiger partial charge in [0.15, 0.2) is 0 Å². The van der Waals surface area contributed by atoms with Gasteiger partial charge in [0, 0.05) is 11.6 Å². The molecule has 4 heteroatoms. The molecule has 0 aliphatic carbocycles. The number of hydrogen-bond acceptors (Lipinski definition) is 3. The summed E-state index contributed by atoms with van der Waals surface area (Å²) in [6, 6.07) is 5.61. The molecule has 0 saturated heterocycles. The highest BCUT2D eigenvalue weighted by molar-refractivity contribution is 6.31. The lowest BCUT2D eigenvalue weighted by Gasteiger charge is -2.40. The fraction of sp³-hybridized carbons (Fsp3) is 0.400. The van der Waals surface area contributed by atoms with Crippen LogP contribution in [0.2, 0.25) is 5.02 Å². The van der Waals surface area contributed by atoms with Crippen LogP contribution >= 0.6 is 11.6 Å². The summed E-state index contributed by atoms with van der Waals surface area (Å²) in [5.41, 5.74) is 3.27. The Hall–Kier alpha value is -1.48. The standard InChI is InChI=1S/C15H19ClN2O/c1-10(2)6-7-18-11(3)14(9-19)17-13-5-4-12(16)8-15(13)18/h4-6,8-9,11,14,17H,7H2,1-3H3. The van der Waals surface area contributed by atoms with Crippen LogP contribution in [0.15, 0.2) is 29.8 Å². The van der Waals surface area contributed by atoms with Crippen molar-refractivity contribution >= 4 is 29.3 Å². The molecule has 1 aromatic carbocycles. The second-order valence-electron chi connectivity index (χ2n) is 5.14. The zero-order valence-corrected chi connectivity index (χ0v) is 12.2. The van der Waals surface area contributed by atoms with Gasteiger partial charge < -0.3 is 15.0 Å². The molecule has 102 valence electrons. The van der Waals surface area contributed by atoms with Gasteiger partial charge in [0.2, 0.25) is 0 Å². The van der Waals surface area contributed by atoms with E-state index in [2.05, 4.69) is 37.1 Å². The molecule has 3 nitrogen and oxygen atoms in total. The van der Waals surface area contributed by atoms with Gasteiger partial charge in [-0.1, -0.05) is 23.3 Å². The molecule has 0 fully saturated rings. The van der Waals surface area contributed by atoms with Crippen LogP contribution in [0.1, 0.15) is 20.8 Å². The summed E-state index contributed by atoms with van der Waals surface area (Å²) >= 11 is 6.08. The predicted octanol–water partition coefficient (Wildman–Crippen LogP) is 3.49. The number of nitrogens with zero attached hydrogens (tertiary/aromatic N) is 1. The summed E-state index contributed by atoms with van der Waals surface area (Å²) in [7, 11) is 0. The molecule has 0 aromatic heterocycles. The molecule has 1 aliphatic heterocycles. The van der Waals surface area contributed by atoms with Gasteiger partial charge in [-0.3, -0.25) is 0 Å². The highest BCUT2D eigenvalue weighted by atomic mass is 35.5. The average molecular weight is 279 g/mol. The van der Waals surface area contributed by atoms with Crippen LogP contribution in [-0.4, -0.2) is 24.9 Å². The number of fused-ring (bicyclic) bond motifs is 1. The molecule has 2 rings (SSSR count). The third-order valence-electron chi connectivity index (χ3n) is 3.45. The topological polar surface area (TPSA) is 32.3 Å². The van der Waals surface area contributed by atoms with E-state index < -0.39 is 0 Å². The third kappa shape index (κ3) is 2.92. The van der Waals surface area contributed by atoms with Crippen LogP contribution in [0.4, 0.5) is 11.4 Å². The van der Waals surface area contributed by atoms with Crippen LogP contribution in [0.3, 0.4) is 0 Å². The Morgan fingerprint density at radius 2 is 2.21 bits per heavy atom. The maximum atomic E-state index is 11.2. The maximum Gasteiger partial charge on any atom is 0.144 e. The first-order valence-corrected chi connectivity index (χ1v) is 6.82. The summed E-state index contributed by atoms with van der Waals surface area (Å²) < 4.78 is 0. The Labute approximate surface area is 119 Å². The quantitative estimate of drug-likeness (QED) is 0.678. The van der Waals surface area contributed by atoms with Crippen molar-refractivity contribution in [3.8, 4) is 0 Å². The van der Waals surface area contributed by atoms with Crippen molar-refractivity contribution < 1.29 is 4.79 Å². The molecular weight excluding hydrogens is 260 g/mol. The molecule has 2 atom stereocenters. The number of benzene rings is 1. The zero-order chi connectivity index (χ0) is 14.0. The average Bonchev–Trinajstić information content (AvgIpc) is 2.37. The van der Waals surface area contributed by atoms with Gasteiger partial charge in [0.05, 0.1) is 17.4 Å². The molecule has 1 aliphatic rings. The predicted molar refractivity (Wildman–Crippen MR) is 81.2 cm³/mol. The molecule has 1 N–H and O–H groups in total. The fourth-order valence-electron chi connectivity index (χ4n) is 2.27. The van der Waals surface area contributed by atoms with Crippen LogP contribution < -0.4 is 10.2 Å². The highest BCUT2D eigenvalue weighted by Gasteiger charge is 2.30. The first kappa shape index (κ1) is 13.9. The second-order valence-corrected chi connectivity index (χ2v) is 5.58. The van der Waals surface area contributed by atoms with Crippen LogP contribution in [0.5, 0.6) is 0 Å². The number of carbonyl (C=O) groups excluding carboxylic acids is 1. The summed E-state index contributed by atoms with van der Waals surface area (Å²) in [6.45, 7) is 6.98.